The Hall–Kier alpha value is 1.74. The first-order valence-corrected chi connectivity index (χ1v) is 4.93. The van der Waals surface area contributed by atoms with Crippen LogP contribution in [-0.4, -0.2) is 20.4 Å². The fraction of sp³-hybridized carbons (Fsp3) is 1.00. The first kappa shape index (κ1) is 11.7. The molecule has 0 aliphatic carbocycles. The van der Waals surface area contributed by atoms with E-state index in [9.17, 15) is 0 Å². The predicted octanol–water partition coefficient (Wildman–Crippen LogP) is 3.81. The molecule has 0 N–H and O–H groups in total. The first-order valence-electron chi connectivity index (χ1n) is 2.31. The molecule has 0 fully saturated rings. The highest BCUT2D eigenvalue weighted by Gasteiger charge is 2.27. The summed E-state index contributed by atoms with van der Waals surface area (Å²) in [5, 5.41) is -1.27. The van der Waals surface area contributed by atoms with Crippen LogP contribution in [0.5, 0.6) is 0 Å². The molecule has 0 nitrogen and oxygen atoms in total. The van der Waals surface area contributed by atoms with Crippen LogP contribution >= 0.6 is 69.6 Å². The molecular weight excluding hydrogens is 261 g/mol. The predicted molar refractivity (Wildman–Crippen MR) is 50.3 cm³/mol. The first-order chi connectivity index (χ1) is 4.46. The van der Waals surface area contributed by atoms with Gasteiger partial charge < -0.3 is 0 Å². The monoisotopic (exact) mass is 262 g/mol. The van der Waals surface area contributed by atoms with Gasteiger partial charge in [-0.3, -0.25) is 0 Å². The van der Waals surface area contributed by atoms with Crippen molar-refractivity contribution in [2.75, 3.05) is 0 Å². The van der Waals surface area contributed by atoms with Crippen molar-refractivity contribution < 1.29 is 0 Å². The molecule has 6 heteroatoms. The Kier molecular flexibility index (Phi) is 6.34. The lowest BCUT2D eigenvalue weighted by Crippen LogP contribution is -2.26. The number of rotatable bonds is 3. The zero-order valence-electron chi connectivity index (χ0n) is 4.58. The van der Waals surface area contributed by atoms with Crippen molar-refractivity contribution in [3.05, 3.63) is 0 Å². The van der Waals surface area contributed by atoms with E-state index in [0.717, 1.165) is 0 Å². The average molecular weight is 265 g/mol. The van der Waals surface area contributed by atoms with Gasteiger partial charge in [0.1, 0.15) is 9.67 Å². The van der Waals surface area contributed by atoms with Gasteiger partial charge in [0.05, 0.1) is 10.8 Å². The highest BCUT2D eigenvalue weighted by Crippen LogP contribution is 2.27. The lowest BCUT2D eigenvalue weighted by Gasteiger charge is -2.16. The Balaban J connectivity index is 3.81. The smallest absolute Gasteiger partial charge is 0.118 e. The van der Waals surface area contributed by atoms with Crippen molar-refractivity contribution in [2.45, 2.75) is 20.4 Å². The van der Waals surface area contributed by atoms with Crippen LogP contribution in [-0.2, 0) is 0 Å². The summed E-state index contributed by atoms with van der Waals surface area (Å²) >= 11 is 32.8. The standard InChI is InChI=1S/C4H4Cl6/c5-1(3(7)8)2(6)4(9)10/h1-4H/t1-,2-/m0/s1. The number of hydrogen-bond donors (Lipinski definition) is 0. The number of halogens is 6. The molecule has 0 saturated heterocycles. The maximum absolute atomic E-state index is 5.60. The van der Waals surface area contributed by atoms with Gasteiger partial charge in [-0.1, -0.05) is 0 Å². The van der Waals surface area contributed by atoms with E-state index >= 15 is 0 Å². The molecule has 2 atom stereocenters. The summed E-state index contributed by atoms with van der Waals surface area (Å²) in [6, 6.07) is 0. The molecule has 10 heavy (non-hydrogen) atoms. The van der Waals surface area contributed by atoms with Crippen molar-refractivity contribution in [1.82, 2.24) is 0 Å². The molecular formula is C4H4Cl6. The molecule has 0 aromatic heterocycles. The minimum absolute atomic E-state index is 0.634. The molecule has 0 spiro atoms. The summed E-state index contributed by atoms with van der Waals surface area (Å²) in [5.41, 5.74) is 0. The minimum atomic E-state index is -0.760. The largest absolute Gasteiger partial charge is 0.125 e. The van der Waals surface area contributed by atoms with E-state index in [0.29, 0.717) is 0 Å². The molecule has 62 valence electrons. The summed E-state index contributed by atoms with van der Waals surface area (Å²) in [7, 11) is 0. The maximum atomic E-state index is 5.60. The Morgan fingerprint density at radius 2 is 0.700 bits per heavy atom. The van der Waals surface area contributed by atoms with Crippen molar-refractivity contribution in [3.8, 4) is 0 Å². The molecule has 0 aliphatic heterocycles. The van der Waals surface area contributed by atoms with Gasteiger partial charge >= 0.3 is 0 Å². The zero-order valence-corrected chi connectivity index (χ0v) is 9.11. The second-order valence-electron chi connectivity index (χ2n) is 1.56. The van der Waals surface area contributed by atoms with Crippen LogP contribution in [0.25, 0.3) is 0 Å². The minimum Gasteiger partial charge on any atom is -0.118 e. The van der Waals surface area contributed by atoms with Gasteiger partial charge in [0.25, 0.3) is 0 Å². The van der Waals surface area contributed by atoms with E-state index in [2.05, 4.69) is 0 Å². The van der Waals surface area contributed by atoms with Gasteiger partial charge in [0.2, 0.25) is 0 Å². The van der Waals surface area contributed by atoms with Crippen LogP contribution in [0.4, 0.5) is 0 Å². The SMILES string of the molecule is ClC(Cl)[C@@H](Cl)[C@H](Cl)C(Cl)Cl. The zero-order chi connectivity index (χ0) is 8.31. The van der Waals surface area contributed by atoms with Crippen molar-refractivity contribution >= 4 is 69.6 Å². The second-order valence-corrected chi connectivity index (χ2v) is 4.89. The molecule has 0 aliphatic rings. The molecule has 0 radical (unpaired) electrons. The Morgan fingerprint density at radius 1 is 0.500 bits per heavy atom. The molecule has 0 aromatic carbocycles. The summed E-state index contributed by atoms with van der Waals surface area (Å²) < 4.78 is 0. The lowest BCUT2D eigenvalue weighted by molar-refractivity contribution is 0.855. The summed E-state index contributed by atoms with van der Waals surface area (Å²) in [5.74, 6) is 0. The number of hydrogen-bond acceptors (Lipinski definition) is 0. The van der Waals surface area contributed by atoms with E-state index in [4.69, 9.17) is 69.6 Å². The van der Waals surface area contributed by atoms with Crippen molar-refractivity contribution in [3.63, 3.8) is 0 Å². The van der Waals surface area contributed by atoms with E-state index in [1.165, 1.54) is 0 Å². The molecule has 0 aromatic rings. The summed E-state index contributed by atoms with van der Waals surface area (Å²) in [6.45, 7) is 0. The lowest BCUT2D eigenvalue weighted by atomic mass is 10.3. The molecule has 0 unspecified atom stereocenters. The van der Waals surface area contributed by atoms with Gasteiger partial charge in [0.15, 0.2) is 0 Å². The molecule has 0 rings (SSSR count). The van der Waals surface area contributed by atoms with Gasteiger partial charge in [-0.25, -0.2) is 0 Å². The van der Waals surface area contributed by atoms with Gasteiger partial charge in [-0.2, -0.15) is 0 Å². The topological polar surface area (TPSA) is 0 Å². The fourth-order valence-electron chi connectivity index (χ4n) is 0.278. The fourth-order valence-corrected chi connectivity index (χ4v) is 1.49. The molecule has 0 heterocycles. The highest BCUT2D eigenvalue weighted by molar-refractivity contribution is 6.53. The van der Waals surface area contributed by atoms with Crippen LogP contribution in [0.1, 0.15) is 0 Å². The highest BCUT2D eigenvalue weighted by atomic mass is 35.5. The third kappa shape index (κ3) is 3.94. The van der Waals surface area contributed by atoms with Crippen LogP contribution in [0.2, 0.25) is 0 Å². The number of alkyl halides is 6. The molecule has 0 amide bonds. The van der Waals surface area contributed by atoms with Crippen LogP contribution < -0.4 is 0 Å². The summed E-state index contributed by atoms with van der Waals surface area (Å²) in [4.78, 5) is -1.52. The van der Waals surface area contributed by atoms with Crippen LogP contribution in [0.3, 0.4) is 0 Å². The third-order valence-corrected chi connectivity index (χ3v) is 3.56. The quantitative estimate of drug-likeness (QED) is 0.680. The van der Waals surface area contributed by atoms with Gasteiger partial charge in [-0.15, -0.1) is 69.6 Å². The molecule has 0 bridgehead atoms. The van der Waals surface area contributed by atoms with Crippen molar-refractivity contribution in [2.24, 2.45) is 0 Å². The molecule has 0 saturated carbocycles. The van der Waals surface area contributed by atoms with Gasteiger partial charge in [0, 0.05) is 0 Å². The third-order valence-electron chi connectivity index (χ3n) is 0.786. The summed E-state index contributed by atoms with van der Waals surface area (Å²) in [6.07, 6.45) is 0. The van der Waals surface area contributed by atoms with Gasteiger partial charge in [-0.05, 0) is 0 Å². The van der Waals surface area contributed by atoms with E-state index in [-0.39, 0.29) is 0 Å². The van der Waals surface area contributed by atoms with Crippen molar-refractivity contribution in [1.29, 1.82) is 0 Å². The second kappa shape index (κ2) is 5.40. The van der Waals surface area contributed by atoms with Crippen LogP contribution in [0, 0.1) is 0 Å². The Labute approximate surface area is 89.7 Å². The van der Waals surface area contributed by atoms with E-state index in [1.807, 2.05) is 0 Å². The normalized spacial score (nSPS) is 18.0. The van der Waals surface area contributed by atoms with Crippen LogP contribution in [0.15, 0.2) is 0 Å². The average Bonchev–Trinajstić information content (AvgIpc) is 1.84. The Morgan fingerprint density at radius 3 is 0.800 bits per heavy atom. The van der Waals surface area contributed by atoms with E-state index in [1.54, 1.807) is 0 Å². The van der Waals surface area contributed by atoms with E-state index < -0.39 is 20.4 Å². The maximum Gasteiger partial charge on any atom is 0.125 e. The Bertz CT molecular complexity index is 79.7.